The first-order valence-corrected chi connectivity index (χ1v) is 9.11. The molecule has 1 aliphatic heterocycles. The number of fused-ring (bicyclic) bond motifs is 1. The van der Waals surface area contributed by atoms with Crippen molar-refractivity contribution in [3.63, 3.8) is 0 Å². The predicted octanol–water partition coefficient (Wildman–Crippen LogP) is 4.92. The molecule has 2 aromatic carbocycles. The molecule has 0 unspecified atom stereocenters. The van der Waals surface area contributed by atoms with Gasteiger partial charge in [0.25, 0.3) is 0 Å². The molecule has 4 rings (SSSR count). The van der Waals surface area contributed by atoms with Crippen LogP contribution in [0.4, 0.5) is 5.69 Å². The van der Waals surface area contributed by atoms with Gasteiger partial charge < -0.3 is 9.64 Å². The van der Waals surface area contributed by atoms with Crippen molar-refractivity contribution in [2.45, 2.75) is 6.04 Å². The number of hydrogen-bond acceptors (Lipinski definition) is 4. The summed E-state index contributed by atoms with van der Waals surface area (Å²) in [7, 11) is 1.63. The number of nitrogens with zero attached hydrogens (tertiary/aromatic N) is 3. The summed E-state index contributed by atoms with van der Waals surface area (Å²) in [4.78, 5) is 2.12. The first-order valence-electron chi connectivity index (χ1n) is 9.11. The minimum absolute atomic E-state index is 0.329. The van der Waals surface area contributed by atoms with Crippen LogP contribution >= 0.6 is 0 Å². The topological polar surface area (TPSA) is 60.0 Å². The van der Waals surface area contributed by atoms with Gasteiger partial charge in [-0.1, -0.05) is 54.6 Å². The first kappa shape index (κ1) is 17.6. The van der Waals surface area contributed by atoms with Crippen LogP contribution in [-0.2, 0) is 0 Å². The highest BCUT2D eigenvalue weighted by Crippen LogP contribution is 2.57. The largest absolute Gasteiger partial charge is 0.497 e. The van der Waals surface area contributed by atoms with E-state index in [1.54, 1.807) is 7.11 Å². The molecule has 0 radical (unpaired) electrons. The van der Waals surface area contributed by atoms with Crippen molar-refractivity contribution in [1.82, 2.24) is 0 Å². The lowest BCUT2D eigenvalue weighted by molar-refractivity contribution is 0.413. The summed E-state index contributed by atoms with van der Waals surface area (Å²) < 4.78 is 5.29. The van der Waals surface area contributed by atoms with Gasteiger partial charge in [-0.15, -0.1) is 0 Å². The van der Waals surface area contributed by atoms with E-state index in [-0.39, 0.29) is 5.92 Å². The number of nitriles is 2. The standard InChI is InChI=1S/C24H19N3O/c1-28-20-14-12-19(13-15-20)27-22-11-7-3-6-10-21(22)24(16-25,17-26)23(27)18-8-4-2-5-9-18/h2-15,21,23H,1H3/t21-,23+/m1/s1. The summed E-state index contributed by atoms with van der Waals surface area (Å²) in [5, 5.41) is 20.5. The Morgan fingerprint density at radius 3 is 2.29 bits per heavy atom. The summed E-state index contributed by atoms with van der Waals surface area (Å²) in [5.41, 5.74) is 1.55. The van der Waals surface area contributed by atoms with Crippen LogP contribution in [-0.4, -0.2) is 7.11 Å². The van der Waals surface area contributed by atoms with E-state index in [9.17, 15) is 10.5 Å². The molecule has 0 spiro atoms. The number of hydrogen-bond donors (Lipinski definition) is 0. The average molecular weight is 365 g/mol. The Morgan fingerprint density at radius 1 is 0.929 bits per heavy atom. The monoisotopic (exact) mass is 365 g/mol. The maximum absolute atomic E-state index is 10.2. The third-order valence-corrected chi connectivity index (χ3v) is 5.41. The molecule has 136 valence electrons. The lowest BCUT2D eigenvalue weighted by Gasteiger charge is -2.31. The van der Waals surface area contributed by atoms with Crippen LogP contribution in [0.25, 0.3) is 0 Å². The van der Waals surface area contributed by atoms with Gasteiger partial charge >= 0.3 is 0 Å². The van der Waals surface area contributed by atoms with Crippen molar-refractivity contribution in [3.8, 4) is 17.9 Å². The second-order valence-corrected chi connectivity index (χ2v) is 6.81. The van der Waals surface area contributed by atoms with Gasteiger partial charge in [-0.3, -0.25) is 0 Å². The van der Waals surface area contributed by atoms with Crippen molar-refractivity contribution < 1.29 is 4.74 Å². The maximum atomic E-state index is 10.2. The fourth-order valence-electron chi connectivity index (χ4n) is 4.11. The van der Waals surface area contributed by atoms with Gasteiger partial charge in [0.2, 0.25) is 0 Å². The summed E-state index contributed by atoms with van der Waals surface area (Å²) in [6, 6.07) is 21.9. The number of benzene rings is 2. The zero-order valence-electron chi connectivity index (χ0n) is 15.5. The number of ether oxygens (including phenoxy) is 1. The average Bonchev–Trinajstić information content (AvgIpc) is 2.87. The van der Waals surface area contributed by atoms with E-state index in [1.807, 2.05) is 85.0 Å². The molecule has 4 heteroatoms. The molecule has 1 aliphatic carbocycles. The van der Waals surface area contributed by atoms with Crippen LogP contribution in [0, 0.1) is 34.0 Å². The predicted molar refractivity (Wildman–Crippen MR) is 108 cm³/mol. The summed E-state index contributed by atoms with van der Waals surface area (Å²) in [6.07, 6.45) is 9.75. The molecule has 0 bridgehead atoms. The molecule has 28 heavy (non-hydrogen) atoms. The lowest BCUT2D eigenvalue weighted by atomic mass is 9.72. The zero-order chi connectivity index (χ0) is 19.6. The van der Waals surface area contributed by atoms with Gasteiger partial charge in [0, 0.05) is 11.4 Å². The third-order valence-electron chi connectivity index (χ3n) is 5.41. The van der Waals surface area contributed by atoms with Crippen LogP contribution in [0.5, 0.6) is 5.75 Å². The fraction of sp³-hybridized carbons (Fsp3) is 0.167. The first-order chi connectivity index (χ1) is 13.7. The fourth-order valence-corrected chi connectivity index (χ4v) is 4.11. The van der Waals surface area contributed by atoms with Crippen LogP contribution in [0.15, 0.2) is 90.7 Å². The van der Waals surface area contributed by atoms with Crippen molar-refractivity contribution in [2.24, 2.45) is 11.3 Å². The molecule has 1 saturated heterocycles. The number of methoxy groups -OCH3 is 1. The van der Waals surface area contributed by atoms with Crippen LogP contribution in [0.2, 0.25) is 0 Å². The van der Waals surface area contributed by atoms with E-state index in [0.29, 0.717) is 0 Å². The normalized spacial score (nSPS) is 21.8. The Bertz CT molecular complexity index is 1020. The molecular formula is C24H19N3O. The molecule has 1 heterocycles. The van der Waals surface area contributed by atoms with Crippen molar-refractivity contribution in [3.05, 3.63) is 96.2 Å². The molecule has 2 atom stereocenters. The Labute approximate surface area is 164 Å². The Kier molecular flexibility index (Phi) is 4.47. The molecule has 0 N–H and O–H groups in total. The molecule has 4 nitrogen and oxygen atoms in total. The molecule has 1 fully saturated rings. The van der Waals surface area contributed by atoms with Crippen LogP contribution in [0.3, 0.4) is 0 Å². The van der Waals surface area contributed by atoms with Crippen LogP contribution < -0.4 is 9.64 Å². The lowest BCUT2D eigenvalue weighted by Crippen LogP contribution is -2.31. The van der Waals surface area contributed by atoms with E-state index >= 15 is 0 Å². The summed E-state index contributed by atoms with van der Waals surface area (Å²) in [5.74, 6) is 0.432. The van der Waals surface area contributed by atoms with Crippen LogP contribution in [0.1, 0.15) is 11.6 Å². The molecule has 2 aliphatic rings. The van der Waals surface area contributed by atoms with Gasteiger partial charge in [-0.2, -0.15) is 10.5 Å². The second kappa shape index (κ2) is 7.10. The number of anilines is 1. The summed E-state index contributed by atoms with van der Waals surface area (Å²) in [6.45, 7) is 0. The van der Waals surface area contributed by atoms with Gasteiger partial charge in [0.05, 0.1) is 31.2 Å². The Hall–Kier alpha value is -3.76. The highest BCUT2D eigenvalue weighted by atomic mass is 16.5. The second-order valence-electron chi connectivity index (χ2n) is 6.81. The Balaban J connectivity index is 1.98. The van der Waals surface area contributed by atoms with E-state index in [4.69, 9.17) is 4.74 Å². The molecule has 0 aromatic heterocycles. The highest BCUT2D eigenvalue weighted by molar-refractivity contribution is 5.64. The van der Waals surface area contributed by atoms with Gasteiger partial charge in [-0.05, 0) is 35.9 Å². The SMILES string of the molecule is COc1ccc(N2C3=CC=CC=C[C@H]3C(C#N)(C#N)[C@@H]2c2ccccc2)cc1. The van der Waals surface area contributed by atoms with E-state index in [0.717, 1.165) is 22.7 Å². The minimum Gasteiger partial charge on any atom is -0.497 e. The molecular weight excluding hydrogens is 346 g/mol. The van der Waals surface area contributed by atoms with Crippen molar-refractivity contribution in [1.29, 1.82) is 10.5 Å². The van der Waals surface area contributed by atoms with E-state index in [1.165, 1.54) is 0 Å². The highest BCUT2D eigenvalue weighted by Gasteiger charge is 2.58. The minimum atomic E-state index is -1.24. The zero-order valence-corrected chi connectivity index (χ0v) is 15.5. The molecule has 2 aromatic rings. The number of rotatable bonds is 3. The third kappa shape index (κ3) is 2.59. The molecule has 0 amide bonds. The van der Waals surface area contributed by atoms with E-state index < -0.39 is 11.5 Å². The Morgan fingerprint density at radius 2 is 1.64 bits per heavy atom. The van der Waals surface area contributed by atoms with E-state index in [2.05, 4.69) is 17.0 Å². The maximum Gasteiger partial charge on any atom is 0.180 e. The van der Waals surface area contributed by atoms with Gasteiger partial charge in [-0.25, -0.2) is 0 Å². The number of allylic oxidation sites excluding steroid dienone is 5. The summed E-state index contributed by atoms with van der Waals surface area (Å²) >= 11 is 0. The van der Waals surface area contributed by atoms with Gasteiger partial charge in [0.1, 0.15) is 5.75 Å². The smallest absolute Gasteiger partial charge is 0.180 e. The van der Waals surface area contributed by atoms with Crippen molar-refractivity contribution in [2.75, 3.05) is 12.0 Å². The van der Waals surface area contributed by atoms with Crippen molar-refractivity contribution >= 4 is 5.69 Å². The molecule has 0 saturated carbocycles. The quantitative estimate of drug-likeness (QED) is 0.775. The van der Waals surface area contributed by atoms with Gasteiger partial charge in [0.15, 0.2) is 5.41 Å².